The van der Waals surface area contributed by atoms with Crippen LogP contribution in [0.5, 0.6) is 0 Å². The quantitative estimate of drug-likeness (QED) is 0.760. The van der Waals surface area contributed by atoms with Crippen LogP contribution in [0.2, 0.25) is 0 Å². The van der Waals surface area contributed by atoms with E-state index in [0.29, 0.717) is 11.3 Å². The molecule has 0 aliphatic carbocycles. The van der Waals surface area contributed by atoms with Crippen LogP contribution in [-0.2, 0) is 21.2 Å². The minimum absolute atomic E-state index is 0.121. The maximum atomic E-state index is 11.6. The fraction of sp³-hybridized carbons (Fsp3) is 0.214. The maximum Gasteiger partial charge on any atom is 0.243 e. The molecular formula is C14H17N3O3S. The number of aryl methyl sites for hydroxylation is 1. The SMILES string of the molecule is C=C1C=C([C@H](C(N)=O)S(N)(=O)=O)Nc2cccc(CC)c21. The fourth-order valence-corrected chi connectivity index (χ4v) is 3.27. The van der Waals surface area contributed by atoms with Crippen molar-refractivity contribution >= 4 is 27.2 Å². The Balaban J connectivity index is 2.53. The lowest BCUT2D eigenvalue weighted by Crippen LogP contribution is -2.43. The lowest BCUT2D eigenvalue weighted by molar-refractivity contribution is -0.117. The Bertz CT molecular complexity index is 751. The van der Waals surface area contributed by atoms with E-state index in [0.717, 1.165) is 17.5 Å². The molecule has 5 N–H and O–H groups in total. The number of benzene rings is 1. The number of nitrogens with two attached hydrogens (primary N) is 2. The van der Waals surface area contributed by atoms with Crippen molar-refractivity contribution in [2.24, 2.45) is 10.9 Å². The summed E-state index contributed by atoms with van der Waals surface area (Å²) in [6, 6.07) is 5.60. The van der Waals surface area contributed by atoms with Crippen molar-refractivity contribution in [2.75, 3.05) is 5.32 Å². The monoisotopic (exact) mass is 307 g/mol. The van der Waals surface area contributed by atoms with E-state index in [1.165, 1.54) is 6.08 Å². The standard InChI is InChI=1S/C14H17N3O3S/c1-3-9-5-4-6-10-12(9)8(2)7-11(17-10)13(14(15)18)21(16,19)20/h4-7,13,17H,2-3H2,1H3,(H2,15,18)(H2,16,19,20)/t13-/m1/s1. The number of anilines is 1. The molecule has 6 nitrogen and oxygen atoms in total. The van der Waals surface area contributed by atoms with Crippen LogP contribution in [0, 0.1) is 0 Å². The summed E-state index contributed by atoms with van der Waals surface area (Å²) in [5.41, 5.74) is 8.57. The van der Waals surface area contributed by atoms with E-state index in [-0.39, 0.29) is 5.70 Å². The van der Waals surface area contributed by atoms with Crippen molar-refractivity contribution in [2.45, 2.75) is 18.6 Å². The molecular weight excluding hydrogens is 290 g/mol. The van der Waals surface area contributed by atoms with Crippen LogP contribution in [0.1, 0.15) is 18.1 Å². The highest BCUT2D eigenvalue weighted by atomic mass is 32.2. The predicted octanol–water partition coefficient (Wildman–Crippen LogP) is 0.714. The van der Waals surface area contributed by atoms with Gasteiger partial charge in [-0.15, -0.1) is 0 Å². The second-order valence-electron chi connectivity index (χ2n) is 4.81. The first-order valence-corrected chi connectivity index (χ1v) is 7.97. The summed E-state index contributed by atoms with van der Waals surface area (Å²) in [6.45, 7) is 5.95. The number of primary sulfonamides is 1. The second kappa shape index (κ2) is 5.34. The van der Waals surface area contributed by atoms with Gasteiger partial charge < -0.3 is 11.1 Å². The third kappa shape index (κ3) is 2.84. The van der Waals surface area contributed by atoms with Gasteiger partial charge in [0, 0.05) is 16.9 Å². The largest absolute Gasteiger partial charge is 0.368 e. The Kier molecular flexibility index (Phi) is 3.89. The van der Waals surface area contributed by atoms with Crippen LogP contribution in [-0.4, -0.2) is 19.6 Å². The Hall–Kier alpha value is -2.12. The molecule has 0 unspecified atom stereocenters. The Morgan fingerprint density at radius 1 is 1.43 bits per heavy atom. The molecule has 21 heavy (non-hydrogen) atoms. The molecule has 112 valence electrons. The summed E-state index contributed by atoms with van der Waals surface area (Å²) in [6.07, 6.45) is 2.31. The summed E-state index contributed by atoms with van der Waals surface area (Å²) < 4.78 is 23.2. The van der Waals surface area contributed by atoms with Gasteiger partial charge in [0.1, 0.15) is 0 Å². The van der Waals surface area contributed by atoms with Crippen LogP contribution in [0.3, 0.4) is 0 Å². The van der Waals surface area contributed by atoms with Crippen molar-refractivity contribution in [3.63, 3.8) is 0 Å². The molecule has 0 fully saturated rings. The van der Waals surface area contributed by atoms with E-state index in [1.807, 2.05) is 19.1 Å². The first kappa shape index (κ1) is 15.3. The van der Waals surface area contributed by atoms with Gasteiger partial charge >= 0.3 is 0 Å². The molecule has 0 aromatic heterocycles. The molecule has 1 heterocycles. The summed E-state index contributed by atoms with van der Waals surface area (Å²) in [5.74, 6) is -1.03. The minimum Gasteiger partial charge on any atom is -0.368 e. The van der Waals surface area contributed by atoms with Crippen molar-refractivity contribution in [1.29, 1.82) is 0 Å². The average molecular weight is 307 g/mol. The summed E-state index contributed by atoms with van der Waals surface area (Å²) in [5, 5.41) is 6.41. The van der Waals surface area contributed by atoms with Gasteiger partial charge in [0.2, 0.25) is 15.9 Å². The second-order valence-corrected chi connectivity index (χ2v) is 6.46. The van der Waals surface area contributed by atoms with Crippen LogP contribution < -0.4 is 16.2 Å². The Labute approximate surface area is 123 Å². The Morgan fingerprint density at radius 3 is 2.62 bits per heavy atom. The van der Waals surface area contributed by atoms with Gasteiger partial charge in [-0.25, -0.2) is 13.6 Å². The van der Waals surface area contributed by atoms with Gasteiger partial charge in [0.05, 0.1) is 0 Å². The lowest BCUT2D eigenvalue weighted by atomic mass is 9.93. The summed E-state index contributed by atoms with van der Waals surface area (Å²) in [4.78, 5) is 11.4. The van der Waals surface area contributed by atoms with E-state index >= 15 is 0 Å². The minimum atomic E-state index is -4.15. The van der Waals surface area contributed by atoms with Gasteiger partial charge in [-0.3, -0.25) is 4.79 Å². The number of sulfonamides is 1. The summed E-state index contributed by atoms with van der Waals surface area (Å²) >= 11 is 0. The van der Waals surface area contributed by atoms with Crippen LogP contribution in [0.25, 0.3) is 5.57 Å². The number of fused-ring (bicyclic) bond motifs is 1. The zero-order valence-electron chi connectivity index (χ0n) is 11.6. The molecule has 1 atom stereocenters. The molecule has 0 radical (unpaired) electrons. The number of hydrogen-bond acceptors (Lipinski definition) is 4. The molecule has 0 saturated heterocycles. The number of nitrogens with one attached hydrogen (secondary N) is 1. The zero-order valence-corrected chi connectivity index (χ0v) is 12.4. The molecule has 0 bridgehead atoms. The normalized spacial score (nSPS) is 15.7. The first-order chi connectivity index (χ1) is 9.75. The molecule has 0 spiro atoms. The number of amides is 1. The molecule has 1 aliphatic heterocycles. The van der Waals surface area contributed by atoms with Crippen LogP contribution in [0.15, 0.2) is 36.6 Å². The topological polar surface area (TPSA) is 115 Å². The number of rotatable bonds is 4. The van der Waals surface area contributed by atoms with Gasteiger partial charge in [0.25, 0.3) is 0 Å². The number of primary amides is 1. The third-order valence-corrected chi connectivity index (χ3v) is 4.47. The van der Waals surface area contributed by atoms with Crippen LogP contribution in [0.4, 0.5) is 5.69 Å². The van der Waals surface area contributed by atoms with E-state index in [1.54, 1.807) is 6.07 Å². The summed E-state index contributed by atoms with van der Waals surface area (Å²) in [7, 11) is -4.15. The smallest absolute Gasteiger partial charge is 0.243 e. The number of allylic oxidation sites excluding steroid dienone is 2. The first-order valence-electron chi connectivity index (χ1n) is 6.36. The van der Waals surface area contributed by atoms with Crippen molar-refractivity contribution in [1.82, 2.24) is 0 Å². The van der Waals surface area contributed by atoms with Gasteiger partial charge in [-0.2, -0.15) is 0 Å². The molecule has 1 aromatic carbocycles. The molecule has 2 rings (SSSR count). The number of hydrogen-bond donors (Lipinski definition) is 3. The van der Waals surface area contributed by atoms with Gasteiger partial charge in [-0.05, 0) is 29.7 Å². The lowest BCUT2D eigenvalue weighted by Gasteiger charge is -2.26. The molecule has 1 aliphatic rings. The number of carbonyl (C=O) groups excluding carboxylic acids is 1. The van der Waals surface area contributed by atoms with Crippen molar-refractivity contribution < 1.29 is 13.2 Å². The van der Waals surface area contributed by atoms with E-state index in [2.05, 4.69) is 11.9 Å². The fourth-order valence-electron chi connectivity index (χ4n) is 2.46. The van der Waals surface area contributed by atoms with Gasteiger partial charge in [-0.1, -0.05) is 25.6 Å². The Morgan fingerprint density at radius 2 is 2.10 bits per heavy atom. The highest BCUT2D eigenvalue weighted by Crippen LogP contribution is 2.34. The average Bonchev–Trinajstić information content (AvgIpc) is 2.35. The number of carbonyl (C=O) groups is 1. The highest BCUT2D eigenvalue weighted by molar-refractivity contribution is 7.90. The van der Waals surface area contributed by atoms with Crippen molar-refractivity contribution in [3.8, 4) is 0 Å². The zero-order chi connectivity index (χ0) is 15.8. The predicted molar refractivity (Wildman–Crippen MR) is 82.6 cm³/mol. The van der Waals surface area contributed by atoms with E-state index in [9.17, 15) is 13.2 Å². The van der Waals surface area contributed by atoms with Crippen molar-refractivity contribution in [3.05, 3.63) is 47.7 Å². The maximum absolute atomic E-state index is 11.6. The van der Waals surface area contributed by atoms with Gasteiger partial charge in [0.15, 0.2) is 5.25 Å². The molecule has 1 aromatic rings. The van der Waals surface area contributed by atoms with E-state index in [4.69, 9.17) is 10.9 Å². The third-order valence-electron chi connectivity index (χ3n) is 3.33. The molecule has 7 heteroatoms. The van der Waals surface area contributed by atoms with Crippen LogP contribution >= 0.6 is 0 Å². The van der Waals surface area contributed by atoms with E-state index < -0.39 is 21.2 Å². The molecule has 0 saturated carbocycles. The highest BCUT2D eigenvalue weighted by Gasteiger charge is 2.34. The molecule has 1 amide bonds.